The van der Waals surface area contributed by atoms with Crippen LogP contribution in [0.25, 0.3) is 0 Å². The average Bonchev–Trinajstić information content (AvgIpc) is 3.38. The SMILES string of the molecule is CC/C=C\C/C=C\C/C=C\C/C=C\C/C=C\C/C=C\C/C=C\CCCCCCCC(=O)OCC(COC(=O)CCCCCCC/C=C\CCC)OC(=O)CCCCCCCCC/C=C\C/C=C\CCCCC. The predicted molar refractivity (Wildman–Crippen MR) is 311 cm³/mol. The molecular formula is C66H108O6. The molecule has 0 fully saturated rings. The maximum absolute atomic E-state index is 12.8. The number of hydrogen-bond donors (Lipinski definition) is 0. The van der Waals surface area contributed by atoms with E-state index in [9.17, 15) is 14.4 Å². The van der Waals surface area contributed by atoms with Crippen LogP contribution in [0.2, 0.25) is 0 Å². The molecule has 0 aliphatic heterocycles. The van der Waals surface area contributed by atoms with Crippen LogP contribution < -0.4 is 0 Å². The lowest BCUT2D eigenvalue weighted by atomic mass is 10.1. The molecule has 0 N–H and O–H groups in total. The average molecular weight is 998 g/mol. The minimum atomic E-state index is -0.797. The van der Waals surface area contributed by atoms with Gasteiger partial charge < -0.3 is 14.2 Å². The van der Waals surface area contributed by atoms with E-state index in [-0.39, 0.29) is 31.1 Å². The van der Waals surface area contributed by atoms with Gasteiger partial charge in [0.25, 0.3) is 0 Å². The zero-order valence-electron chi connectivity index (χ0n) is 46.7. The van der Waals surface area contributed by atoms with Gasteiger partial charge in [0.15, 0.2) is 6.10 Å². The van der Waals surface area contributed by atoms with Crippen LogP contribution in [0.4, 0.5) is 0 Å². The Morgan fingerprint density at radius 2 is 0.569 bits per heavy atom. The lowest BCUT2D eigenvalue weighted by molar-refractivity contribution is -0.167. The van der Waals surface area contributed by atoms with E-state index in [0.29, 0.717) is 19.3 Å². The van der Waals surface area contributed by atoms with Crippen molar-refractivity contribution in [3.63, 3.8) is 0 Å². The summed E-state index contributed by atoms with van der Waals surface area (Å²) < 4.78 is 16.8. The summed E-state index contributed by atoms with van der Waals surface area (Å²) in [4.78, 5) is 38.1. The number of unbranched alkanes of at least 4 members (excludes halogenated alkanes) is 21. The lowest BCUT2D eigenvalue weighted by Gasteiger charge is -2.18. The number of esters is 3. The Morgan fingerprint density at radius 3 is 0.917 bits per heavy atom. The van der Waals surface area contributed by atoms with Crippen molar-refractivity contribution in [1.82, 2.24) is 0 Å². The molecule has 72 heavy (non-hydrogen) atoms. The molecule has 0 radical (unpaired) electrons. The molecule has 1 atom stereocenters. The number of allylic oxidation sites excluding steroid dienone is 20. The van der Waals surface area contributed by atoms with Crippen LogP contribution >= 0.6 is 0 Å². The smallest absolute Gasteiger partial charge is 0.306 e. The highest BCUT2D eigenvalue weighted by Gasteiger charge is 2.19. The van der Waals surface area contributed by atoms with E-state index in [4.69, 9.17) is 14.2 Å². The fourth-order valence-electron chi connectivity index (χ4n) is 7.75. The van der Waals surface area contributed by atoms with Crippen molar-refractivity contribution in [1.29, 1.82) is 0 Å². The van der Waals surface area contributed by atoms with Crippen molar-refractivity contribution in [2.24, 2.45) is 0 Å². The molecule has 0 aromatic rings. The van der Waals surface area contributed by atoms with E-state index < -0.39 is 6.10 Å². The summed E-state index contributed by atoms with van der Waals surface area (Å²) in [5, 5.41) is 0. The van der Waals surface area contributed by atoms with Crippen molar-refractivity contribution in [3.8, 4) is 0 Å². The first-order valence-electron chi connectivity index (χ1n) is 29.5. The van der Waals surface area contributed by atoms with Crippen molar-refractivity contribution in [3.05, 3.63) is 122 Å². The van der Waals surface area contributed by atoms with E-state index >= 15 is 0 Å². The Labute approximate surface area is 443 Å². The van der Waals surface area contributed by atoms with Crippen molar-refractivity contribution in [2.75, 3.05) is 13.2 Å². The molecule has 0 aromatic heterocycles. The molecule has 6 heteroatoms. The Morgan fingerprint density at radius 1 is 0.292 bits per heavy atom. The standard InChI is InChI=1S/C66H108O6/c1-4-7-10-13-16-19-22-24-26-28-29-30-31-32-33-34-35-36-37-39-40-42-44-47-50-53-56-59-65(68)71-62-63(61-70-64(67)58-55-52-49-46-21-18-15-12-9-6-3)72-66(69)60-57-54-51-48-45-43-41-38-27-25-23-20-17-14-11-8-5-2/h7,10,12,15-17,19-20,24-27,29-30,32-33,35-36,39-40,63H,4-6,8-9,11,13-14,18,21-23,28,31,34,37-38,41-62H2,1-3H3/b10-7-,15-12-,19-16-,20-17-,26-24-,27-25-,30-29-,33-32-,36-35-,40-39-. The molecule has 0 saturated carbocycles. The topological polar surface area (TPSA) is 78.9 Å². The van der Waals surface area contributed by atoms with Gasteiger partial charge in [-0.3, -0.25) is 14.4 Å². The molecule has 0 aliphatic carbocycles. The fraction of sp³-hybridized carbons (Fsp3) is 0.652. The van der Waals surface area contributed by atoms with E-state index in [1.807, 2.05) is 0 Å². The number of rotatable bonds is 52. The second-order valence-electron chi connectivity index (χ2n) is 19.2. The fourth-order valence-corrected chi connectivity index (χ4v) is 7.75. The molecule has 0 spiro atoms. The summed E-state index contributed by atoms with van der Waals surface area (Å²) in [7, 11) is 0. The summed E-state index contributed by atoms with van der Waals surface area (Å²) in [6.45, 7) is 6.40. The van der Waals surface area contributed by atoms with Crippen LogP contribution in [-0.2, 0) is 28.6 Å². The zero-order valence-corrected chi connectivity index (χ0v) is 46.7. The summed E-state index contributed by atoms with van der Waals surface area (Å²) >= 11 is 0. The quantitative estimate of drug-likeness (QED) is 0.0261. The normalized spacial score (nSPS) is 13.0. The maximum Gasteiger partial charge on any atom is 0.306 e. The van der Waals surface area contributed by atoms with Gasteiger partial charge in [-0.25, -0.2) is 0 Å². The van der Waals surface area contributed by atoms with Crippen LogP contribution in [0.1, 0.15) is 258 Å². The van der Waals surface area contributed by atoms with Crippen LogP contribution in [0, 0.1) is 0 Å². The van der Waals surface area contributed by atoms with Gasteiger partial charge in [-0.1, -0.05) is 232 Å². The maximum atomic E-state index is 12.8. The molecule has 0 saturated heterocycles. The largest absolute Gasteiger partial charge is 0.462 e. The third-order valence-corrected chi connectivity index (χ3v) is 12.2. The molecule has 0 aromatic carbocycles. The van der Waals surface area contributed by atoms with E-state index in [2.05, 4.69) is 142 Å². The van der Waals surface area contributed by atoms with Gasteiger partial charge in [-0.15, -0.1) is 0 Å². The Balaban J connectivity index is 4.35. The summed E-state index contributed by atoms with van der Waals surface area (Å²) in [5.41, 5.74) is 0. The van der Waals surface area contributed by atoms with E-state index in [1.54, 1.807) is 0 Å². The van der Waals surface area contributed by atoms with Gasteiger partial charge in [-0.2, -0.15) is 0 Å². The summed E-state index contributed by atoms with van der Waals surface area (Å²) in [5.74, 6) is -0.934. The number of carbonyl (C=O) groups excluding carboxylic acids is 3. The third kappa shape index (κ3) is 56.7. The van der Waals surface area contributed by atoms with Gasteiger partial charge >= 0.3 is 17.9 Å². The molecule has 408 valence electrons. The Kier molecular flexibility index (Phi) is 55.9. The minimum Gasteiger partial charge on any atom is -0.462 e. The highest BCUT2D eigenvalue weighted by molar-refractivity contribution is 5.71. The molecule has 0 rings (SSSR count). The van der Waals surface area contributed by atoms with Gasteiger partial charge in [-0.05, 0) is 128 Å². The van der Waals surface area contributed by atoms with Gasteiger partial charge in [0, 0.05) is 19.3 Å². The Hall–Kier alpha value is -4.19. The summed E-state index contributed by atoms with van der Waals surface area (Å²) in [6.07, 6.45) is 81.9. The van der Waals surface area contributed by atoms with Crippen molar-refractivity contribution < 1.29 is 28.6 Å². The monoisotopic (exact) mass is 997 g/mol. The van der Waals surface area contributed by atoms with E-state index in [1.165, 1.54) is 64.2 Å². The molecule has 6 nitrogen and oxygen atoms in total. The van der Waals surface area contributed by atoms with Gasteiger partial charge in [0.2, 0.25) is 0 Å². The van der Waals surface area contributed by atoms with Gasteiger partial charge in [0.1, 0.15) is 13.2 Å². The number of hydrogen-bond acceptors (Lipinski definition) is 6. The van der Waals surface area contributed by atoms with Crippen molar-refractivity contribution >= 4 is 17.9 Å². The van der Waals surface area contributed by atoms with Crippen LogP contribution in [-0.4, -0.2) is 37.2 Å². The summed E-state index contributed by atoms with van der Waals surface area (Å²) in [6, 6.07) is 0. The first kappa shape index (κ1) is 67.8. The lowest BCUT2D eigenvalue weighted by Crippen LogP contribution is -2.30. The molecule has 0 aliphatic rings. The number of carbonyl (C=O) groups is 3. The third-order valence-electron chi connectivity index (χ3n) is 12.2. The zero-order chi connectivity index (χ0) is 52.2. The van der Waals surface area contributed by atoms with Crippen LogP contribution in [0.3, 0.4) is 0 Å². The van der Waals surface area contributed by atoms with E-state index in [0.717, 1.165) is 154 Å². The molecular weight excluding hydrogens is 889 g/mol. The molecule has 0 heterocycles. The highest BCUT2D eigenvalue weighted by Crippen LogP contribution is 2.14. The Bertz CT molecular complexity index is 1520. The first-order chi connectivity index (χ1) is 35.5. The predicted octanol–water partition coefficient (Wildman–Crippen LogP) is 20.0. The van der Waals surface area contributed by atoms with Gasteiger partial charge in [0.05, 0.1) is 0 Å². The molecule has 0 bridgehead atoms. The minimum absolute atomic E-state index is 0.0945. The first-order valence-corrected chi connectivity index (χ1v) is 29.5. The second-order valence-corrected chi connectivity index (χ2v) is 19.2. The highest BCUT2D eigenvalue weighted by atomic mass is 16.6. The second kappa shape index (κ2) is 59.4. The number of ether oxygens (including phenoxy) is 3. The van der Waals surface area contributed by atoms with Crippen LogP contribution in [0.15, 0.2) is 122 Å². The van der Waals surface area contributed by atoms with Crippen LogP contribution in [0.5, 0.6) is 0 Å². The molecule has 1 unspecified atom stereocenters. The van der Waals surface area contributed by atoms with Crippen molar-refractivity contribution in [2.45, 2.75) is 264 Å². The molecule has 0 amide bonds.